The van der Waals surface area contributed by atoms with Crippen LogP contribution in [0.2, 0.25) is 0 Å². The van der Waals surface area contributed by atoms with Crippen molar-refractivity contribution in [1.29, 1.82) is 0 Å². The van der Waals surface area contributed by atoms with Crippen molar-refractivity contribution < 1.29 is 12.8 Å². The average molecular weight is 294 g/mol. The van der Waals surface area contributed by atoms with E-state index >= 15 is 0 Å². The zero-order valence-corrected chi connectivity index (χ0v) is 12.3. The standard InChI is InChI=1S/C14H18N2O3S/c1-11(10-14-4-3-9-19-14)15-12-5-7-13(8-6-12)16-20(2,17)18/h3-9,11,15-16H,10H2,1-2H3. The molecule has 0 saturated carbocycles. The van der Waals surface area contributed by atoms with Gasteiger partial charge in [-0.1, -0.05) is 0 Å². The van der Waals surface area contributed by atoms with Crippen molar-refractivity contribution in [2.24, 2.45) is 0 Å². The number of sulfonamides is 1. The normalized spacial score (nSPS) is 12.9. The summed E-state index contributed by atoms with van der Waals surface area (Å²) in [5.74, 6) is 0.931. The molecular weight excluding hydrogens is 276 g/mol. The first kappa shape index (κ1) is 14.5. The highest BCUT2D eigenvalue weighted by atomic mass is 32.2. The zero-order valence-electron chi connectivity index (χ0n) is 11.5. The smallest absolute Gasteiger partial charge is 0.229 e. The van der Waals surface area contributed by atoms with Crippen LogP contribution < -0.4 is 10.0 Å². The van der Waals surface area contributed by atoms with E-state index in [0.29, 0.717) is 5.69 Å². The summed E-state index contributed by atoms with van der Waals surface area (Å²) in [5.41, 5.74) is 1.49. The Hall–Kier alpha value is -1.95. The Morgan fingerprint density at radius 3 is 2.35 bits per heavy atom. The topological polar surface area (TPSA) is 71.3 Å². The number of anilines is 2. The minimum atomic E-state index is -3.23. The van der Waals surface area contributed by atoms with Gasteiger partial charge in [-0.3, -0.25) is 4.72 Å². The van der Waals surface area contributed by atoms with E-state index < -0.39 is 10.0 Å². The van der Waals surface area contributed by atoms with Crippen LogP contribution in [0.15, 0.2) is 47.1 Å². The molecule has 0 aliphatic carbocycles. The van der Waals surface area contributed by atoms with Crippen molar-refractivity contribution >= 4 is 21.4 Å². The van der Waals surface area contributed by atoms with Gasteiger partial charge in [0.05, 0.1) is 12.5 Å². The molecule has 20 heavy (non-hydrogen) atoms. The first-order valence-electron chi connectivity index (χ1n) is 6.29. The summed E-state index contributed by atoms with van der Waals surface area (Å²) in [5, 5.41) is 3.33. The second kappa shape index (κ2) is 6.00. The number of nitrogens with one attached hydrogen (secondary N) is 2. The number of hydrogen-bond donors (Lipinski definition) is 2. The van der Waals surface area contributed by atoms with Crippen molar-refractivity contribution in [3.63, 3.8) is 0 Å². The Morgan fingerprint density at radius 1 is 1.15 bits per heavy atom. The molecule has 1 aromatic heterocycles. The van der Waals surface area contributed by atoms with Gasteiger partial charge in [0, 0.05) is 23.8 Å². The van der Waals surface area contributed by atoms with E-state index in [2.05, 4.69) is 17.0 Å². The third-order valence-corrected chi connectivity index (χ3v) is 3.30. The summed E-state index contributed by atoms with van der Waals surface area (Å²) in [6, 6.07) is 11.2. The van der Waals surface area contributed by atoms with Crippen molar-refractivity contribution in [1.82, 2.24) is 0 Å². The molecule has 1 unspecified atom stereocenters. The summed E-state index contributed by atoms with van der Waals surface area (Å²) < 4.78 is 29.9. The molecule has 0 amide bonds. The van der Waals surface area contributed by atoms with Gasteiger partial charge in [0.1, 0.15) is 5.76 Å². The Bertz CT molecular complexity index is 634. The maximum Gasteiger partial charge on any atom is 0.229 e. The second-order valence-electron chi connectivity index (χ2n) is 4.78. The van der Waals surface area contributed by atoms with E-state index in [1.807, 2.05) is 24.3 Å². The van der Waals surface area contributed by atoms with Gasteiger partial charge < -0.3 is 9.73 Å². The molecule has 1 aromatic carbocycles. The molecule has 1 heterocycles. The van der Waals surface area contributed by atoms with Crippen molar-refractivity contribution in [2.75, 3.05) is 16.3 Å². The Morgan fingerprint density at radius 2 is 1.80 bits per heavy atom. The van der Waals surface area contributed by atoms with Crippen LogP contribution in [-0.4, -0.2) is 20.7 Å². The third kappa shape index (κ3) is 4.62. The van der Waals surface area contributed by atoms with Crippen molar-refractivity contribution in [3.8, 4) is 0 Å². The van der Waals surface area contributed by atoms with Gasteiger partial charge >= 0.3 is 0 Å². The van der Waals surface area contributed by atoms with Crippen LogP contribution in [0.4, 0.5) is 11.4 Å². The van der Waals surface area contributed by atoms with E-state index in [4.69, 9.17) is 4.42 Å². The Labute approximate surface area is 119 Å². The lowest BCUT2D eigenvalue weighted by Gasteiger charge is -2.14. The second-order valence-corrected chi connectivity index (χ2v) is 6.53. The molecule has 0 fully saturated rings. The third-order valence-electron chi connectivity index (χ3n) is 2.69. The van der Waals surface area contributed by atoms with Crippen molar-refractivity contribution in [2.45, 2.75) is 19.4 Å². The number of hydrogen-bond acceptors (Lipinski definition) is 4. The monoisotopic (exact) mass is 294 g/mol. The van der Waals surface area contributed by atoms with E-state index in [1.54, 1.807) is 18.4 Å². The molecule has 2 aromatic rings. The summed E-state index contributed by atoms with van der Waals surface area (Å²) in [6.45, 7) is 2.06. The van der Waals surface area contributed by atoms with Gasteiger partial charge in [-0.2, -0.15) is 0 Å². The highest BCUT2D eigenvalue weighted by Gasteiger charge is 2.06. The van der Waals surface area contributed by atoms with E-state index in [1.165, 1.54) is 0 Å². The molecule has 2 rings (SSSR count). The molecule has 5 nitrogen and oxygen atoms in total. The molecule has 0 spiro atoms. The molecule has 2 N–H and O–H groups in total. The van der Waals surface area contributed by atoms with Gasteiger partial charge in [0.25, 0.3) is 0 Å². The summed E-state index contributed by atoms with van der Waals surface area (Å²) in [4.78, 5) is 0. The van der Waals surface area contributed by atoms with Crippen LogP contribution in [0, 0.1) is 0 Å². The highest BCUT2D eigenvalue weighted by Crippen LogP contribution is 2.16. The average Bonchev–Trinajstić information content (AvgIpc) is 2.82. The molecule has 0 bridgehead atoms. The molecule has 0 radical (unpaired) electrons. The van der Waals surface area contributed by atoms with Gasteiger partial charge in [-0.25, -0.2) is 8.42 Å². The predicted octanol–water partition coefficient (Wildman–Crippen LogP) is 2.69. The maximum atomic E-state index is 11.1. The van der Waals surface area contributed by atoms with Crippen LogP contribution in [0.25, 0.3) is 0 Å². The minimum Gasteiger partial charge on any atom is -0.469 e. The summed E-state index contributed by atoms with van der Waals surface area (Å²) in [7, 11) is -3.23. The maximum absolute atomic E-state index is 11.1. The van der Waals surface area contributed by atoms with E-state index in [0.717, 1.165) is 24.1 Å². The van der Waals surface area contributed by atoms with Crippen LogP contribution in [0.1, 0.15) is 12.7 Å². The first-order chi connectivity index (χ1) is 9.42. The molecular formula is C14H18N2O3S. The fourth-order valence-electron chi connectivity index (χ4n) is 1.91. The predicted molar refractivity (Wildman–Crippen MR) is 80.4 cm³/mol. The van der Waals surface area contributed by atoms with Gasteiger partial charge in [-0.05, 0) is 43.3 Å². The van der Waals surface area contributed by atoms with Crippen LogP contribution >= 0.6 is 0 Å². The molecule has 0 aliphatic heterocycles. The molecule has 108 valence electrons. The van der Waals surface area contributed by atoms with Crippen LogP contribution in [-0.2, 0) is 16.4 Å². The fourth-order valence-corrected chi connectivity index (χ4v) is 2.48. The van der Waals surface area contributed by atoms with Crippen LogP contribution in [0.5, 0.6) is 0 Å². The van der Waals surface area contributed by atoms with Crippen LogP contribution in [0.3, 0.4) is 0 Å². The lowest BCUT2D eigenvalue weighted by molar-refractivity contribution is 0.498. The lowest BCUT2D eigenvalue weighted by Crippen LogP contribution is -2.17. The minimum absolute atomic E-state index is 0.217. The van der Waals surface area contributed by atoms with E-state index in [-0.39, 0.29) is 6.04 Å². The lowest BCUT2D eigenvalue weighted by atomic mass is 10.2. The first-order valence-corrected chi connectivity index (χ1v) is 8.18. The van der Waals surface area contributed by atoms with Crippen molar-refractivity contribution in [3.05, 3.63) is 48.4 Å². The number of rotatable bonds is 6. The zero-order chi connectivity index (χ0) is 14.6. The number of benzene rings is 1. The Balaban J connectivity index is 1.93. The molecule has 1 atom stereocenters. The summed E-state index contributed by atoms with van der Waals surface area (Å²) in [6.07, 6.45) is 3.58. The molecule has 6 heteroatoms. The SMILES string of the molecule is CC(Cc1ccco1)Nc1ccc(NS(C)(=O)=O)cc1. The Kier molecular flexibility index (Phi) is 4.34. The van der Waals surface area contributed by atoms with Gasteiger partial charge in [0.2, 0.25) is 10.0 Å². The fraction of sp³-hybridized carbons (Fsp3) is 0.286. The largest absolute Gasteiger partial charge is 0.469 e. The van der Waals surface area contributed by atoms with E-state index in [9.17, 15) is 8.42 Å². The quantitative estimate of drug-likeness (QED) is 0.859. The van der Waals surface area contributed by atoms with Gasteiger partial charge in [-0.15, -0.1) is 0 Å². The molecule has 0 saturated heterocycles. The highest BCUT2D eigenvalue weighted by molar-refractivity contribution is 7.92. The summed E-state index contributed by atoms with van der Waals surface area (Å²) >= 11 is 0. The number of furan rings is 1. The van der Waals surface area contributed by atoms with Gasteiger partial charge in [0.15, 0.2) is 0 Å². The molecule has 0 aliphatic rings.